The number of pyridine rings is 1. The zero-order valence-electron chi connectivity index (χ0n) is 11.4. The summed E-state index contributed by atoms with van der Waals surface area (Å²) in [4.78, 5) is 4.12. The summed E-state index contributed by atoms with van der Waals surface area (Å²) in [7, 11) is 1.86. The highest BCUT2D eigenvalue weighted by Crippen LogP contribution is 2.27. The molecule has 0 aliphatic rings. The van der Waals surface area contributed by atoms with Crippen LogP contribution in [0.5, 0.6) is 11.5 Å². The predicted octanol–water partition coefficient (Wildman–Crippen LogP) is 2.89. The highest BCUT2D eigenvalue weighted by Gasteiger charge is 2.07. The minimum Gasteiger partial charge on any atom is -0.457 e. The van der Waals surface area contributed by atoms with Crippen molar-refractivity contribution in [3.05, 3.63) is 60.1 Å². The summed E-state index contributed by atoms with van der Waals surface area (Å²) in [5.74, 6) is 0.495. The Bertz CT molecular complexity index is 720. The van der Waals surface area contributed by atoms with Crippen LogP contribution in [0, 0.1) is 12.7 Å². The Kier molecular flexibility index (Phi) is 3.89. The molecule has 2 N–H and O–H groups in total. The van der Waals surface area contributed by atoms with E-state index in [0.29, 0.717) is 17.0 Å². The summed E-state index contributed by atoms with van der Waals surface area (Å²) in [6.07, 6.45) is 3.26. The van der Waals surface area contributed by atoms with Gasteiger partial charge in [-0.3, -0.25) is 0 Å². The van der Waals surface area contributed by atoms with Gasteiger partial charge in [0.25, 0.3) is 0 Å². The van der Waals surface area contributed by atoms with Crippen molar-refractivity contribution >= 4 is 5.69 Å². The second-order valence-electron chi connectivity index (χ2n) is 4.38. The lowest BCUT2D eigenvalue weighted by Gasteiger charge is -2.10. The Morgan fingerprint density at radius 3 is 2.85 bits per heavy atom. The molecule has 0 aliphatic heterocycles. The minimum absolute atomic E-state index is 0.108. The third kappa shape index (κ3) is 2.88. The van der Waals surface area contributed by atoms with Crippen LogP contribution in [0.25, 0.3) is 0 Å². The number of rotatable bonds is 3. The van der Waals surface area contributed by atoms with E-state index < -0.39 is 5.82 Å². The normalized spacial score (nSPS) is 11.4. The molecule has 5 heteroatoms. The van der Waals surface area contributed by atoms with Crippen LogP contribution >= 0.6 is 0 Å². The molecular weight excluding hydrogens is 257 g/mol. The number of nitrogens with zero attached hydrogens (tertiary/aromatic N) is 2. The summed E-state index contributed by atoms with van der Waals surface area (Å²) in [6.45, 7) is 5.37. The number of ether oxygens (including phenoxy) is 1. The van der Waals surface area contributed by atoms with Gasteiger partial charge in [-0.1, -0.05) is 6.58 Å². The summed E-state index contributed by atoms with van der Waals surface area (Å²) in [5.41, 5.74) is 7.06. The van der Waals surface area contributed by atoms with E-state index in [9.17, 15) is 4.39 Å². The molecule has 2 aromatic rings. The van der Waals surface area contributed by atoms with E-state index in [2.05, 4.69) is 11.6 Å². The molecule has 104 valence electrons. The molecule has 1 aromatic heterocycles. The fourth-order valence-electron chi connectivity index (χ4n) is 1.75. The van der Waals surface area contributed by atoms with Crippen molar-refractivity contribution in [2.45, 2.75) is 6.92 Å². The number of benzene rings is 1. The SMILES string of the molecule is C=C/N=c1/cc(Oc2cc(F)c(N)cc2C)ccn1C. The number of aromatic nitrogens is 1. The molecule has 20 heavy (non-hydrogen) atoms. The molecule has 0 fully saturated rings. The van der Waals surface area contributed by atoms with Gasteiger partial charge in [0.05, 0.1) is 5.69 Å². The van der Waals surface area contributed by atoms with Crippen LogP contribution in [0.3, 0.4) is 0 Å². The Morgan fingerprint density at radius 2 is 2.15 bits per heavy atom. The van der Waals surface area contributed by atoms with Crippen molar-refractivity contribution < 1.29 is 9.13 Å². The highest BCUT2D eigenvalue weighted by molar-refractivity contribution is 5.49. The van der Waals surface area contributed by atoms with Crippen molar-refractivity contribution in [1.82, 2.24) is 4.57 Å². The summed E-state index contributed by atoms with van der Waals surface area (Å²) in [5, 5.41) is 0. The Labute approximate surface area is 116 Å². The summed E-state index contributed by atoms with van der Waals surface area (Å²) < 4.78 is 21.0. The standard InChI is InChI=1S/C15H16FN3O/c1-4-18-15-8-11(5-6-19(15)3)20-14-9-12(16)13(17)7-10(14)2/h4-9H,1,17H2,2-3H3/b18-15-. The van der Waals surface area contributed by atoms with Crippen LogP contribution in [-0.4, -0.2) is 4.57 Å². The molecule has 0 unspecified atom stereocenters. The molecule has 2 rings (SSSR count). The van der Waals surface area contributed by atoms with Gasteiger partial charge in [0.15, 0.2) is 0 Å². The van der Waals surface area contributed by atoms with Crippen molar-refractivity contribution in [2.24, 2.45) is 12.0 Å². The first-order chi connectivity index (χ1) is 9.51. The van der Waals surface area contributed by atoms with Crippen LogP contribution in [-0.2, 0) is 7.05 Å². The van der Waals surface area contributed by atoms with E-state index in [-0.39, 0.29) is 5.69 Å². The quantitative estimate of drug-likeness (QED) is 0.874. The van der Waals surface area contributed by atoms with E-state index in [1.165, 1.54) is 12.3 Å². The molecule has 0 radical (unpaired) electrons. The average Bonchev–Trinajstić information content (AvgIpc) is 2.40. The van der Waals surface area contributed by atoms with Gasteiger partial charge >= 0.3 is 0 Å². The monoisotopic (exact) mass is 273 g/mol. The maximum Gasteiger partial charge on any atom is 0.149 e. The average molecular weight is 273 g/mol. The van der Waals surface area contributed by atoms with Gasteiger partial charge in [-0.25, -0.2) is 9.38 Å². The lowest BCUT2D eigenvalue weighted by atomic mass is 10.2. The lowest BCUT2D eigenvalue weighted by molar-refractivity contribution is 0.470. The molecule has 0 bridgehead atoms. The van der Waals surface area contributed by atoms with Crippen LogP contribution in [0.2, 0.25) is 0 Å². The number of aryl methyl sites for hydroxylation is 2. The molecule has 0 saturated heterocycles. The van der Waals surface area contributed by atoms with Crippen molar-refractivity contribution in [3.8, 4) is 11.5 Å². The Hall–Kier alpha value is -2.56. The van der Waals surface area contributed by atoms with Gasteiger partial charge in [0.2, 0.25) is 0 Å². The van der Waals surface area contributed by atoms with E-state index in [1.807, 2.05) is 18.5 Å². The first kappa shape index (κ1) is 13.9. The molecule has 4 nitrogen and oxygen atoms in total. The smallest absolute Gasteiger partial charge is 0.149 e. The maximum absolute atomic E-state index is 13.5. The fourth-order valence-corrected chi connectivity index (χ4v) is 1.75. The Morgan fingerprint density at radius 1 is 1.40 bits per heavy atom. The van der Waals surface area contributed by atoms with Gasteiger partial charge < -0.3 is 15.0 Å². The summed E-state index contributed by atoms with van der Waals surface area (Å²) >= 11 is 0. The largest absolute Gasteiger partial charge is 0.457 e. The second kappa shape index (κ2) is 5.61. The molecule has 0 aliphatic carbocycles. The van der Waals surface area contributed by atoms with E-state index in [0.717, 1.165) is 5.56 Å². The zero-order chi connectivity index (χ0) is 14.7. The lowest BCUT2D eigenvalue weighted by Crippen LogP contribution is -2.16. The first-order valence-corrected chi connectivity index (χ1v) is 6.06. The van der Waals surface area contributed by atoms with Gasteiger partial charge in [0.1, 0.15) is 22.8 Å². The molecule has 1 aromatic carbocycles. The fraction of sp³-hybridized carbons (Fsp3) is 0.133. The van der Waals surface area contributed by atoms with Crippen LogP contribution in [0.1, 0.15) is 5.56 Å². The maximum atomic E-state index is 13.5. The number of nitrogens with two attached hydrogens (primary N) is 1. The molecule has 0 spiro atoms. The number of halogens is 1. The van der Waals surface area contributed by atoms with Gasteiger partial charge in [0, 0.05) is 31.6 Å². The molecule has 1 heterocycles. The van der Waals surface area contributed by atoms with Crippen LogP contribution < -0.4 is 16.0 Å². The van der Waals surface area contributed by atoms with Crippen molar-refractivity contribution in [1.29, 1.82) is 0 Å². The first-order valence-electron chi connectivity index (χ1n) is 6.06. The van der Waals surface area contributed by atoms with E-state index in [1.54, 1.807) is 24.4 Å². The van der Waals surface area contributed by atoms with Crippen molar-refractivity contribution in [2.75, 3.05) is 5.73 Å². The minimum atomic E-state index is -0.497. The van der Waals surface area contributed by atoms with Crippen molar-refractivity contribution in [3.63, 3.8) is 0 Å². The number of anilines is 1. The second-order valence-corrected chi connectivity index (χ2v) is 4.38. The number of hydrogen-bond acceptors (Lipinski definition) is 3. The third-order valence-electron chi connectivity index (χ3n) is 2.84. The molecule has 0 atom stereocenters. The topological polar surface area (TPSA) is 52.5 Å². The van der Waals surface area contributed by atoms with Gasteiger partial charge in [-0.2, -0.15) is 0 Å². The zero-order valence-corrected chi connectivity index (χ0v) is 11.4. The third-order valence-corrected chi connectivity index (χ3v) is 2.84. The van der Waals surface area contributed by atoms with Gasteiger partial charge in [-0.15, -0.1) is 0 Å². The number of nitrogen functional groups attached to an aromatic ring is 1. The van der Waals surface area contributed by atoms with Gasteiger partial charge in [-0.05, 0) is 24.6 Å². The predicted molar refractivity (Wildman–Crippen MR) is 76.8 cm³/mol. The summed E-state index contributed by atoms with van der Waals surface area (Å²) in [6, 6.07) is 6.34. The molecule has 0 amide bonds. The highest BCUT2D eigenvalue weighted by atomic mass is 19.1. The van der Waals surface area contributed by atoms with E-state index in [4.69, 9.17) is 10.5 Å². The molecule has 0 saturated carbocycles. The molecular formula is C15H16FN3O. The number of hydrogen-bond donors (Lipinski definition) is 1. The Balaban J connectivity index is 2.40. The van der Waals surface area contributed by atoms with Crippen LogP contribution in [0.15, 0.2) is 48.2 Å². The van der Waals surface area contributed by atoms with Crippen LogP contribution in [0.4, 0.5) is 10.1 Å². The van der Waals surface area contributed by atoms with E-state index >= 15 is 0 Å².